The van der Waals surface area contributed by atoms with Crippen LogP contribution in [0.4, 0.5) is 5.82 Å². The topological polar surface area (TPSA) is 107 Å². The number of hydrogen-bond acceptors (Lipinski definition) is 7. The predicted octanol–water partition coefficient (Wildman–Crippen LogP) is 0.595. The number of aryl methyl sites for hydroxylation is 1. The van der Waals surface area contributed by atoms with Gasteiger partial charge in [-0.05, 0) is 19.8 Å². The highest BCUT2D eigenvalue weighted by molar-refractivity contribution is 5.78. The first kappa shape index (κ1) is 18.1. The third-order valence-electron chi connectivity index (χ3n) is 5.06. The van der Waals surface area contributed by atoms with Crippen LogP contribution in [-0.2, 0) is 11.3 Å². The van der Waals surface area contributed by atoms with Gasteiger partial charge in [0.25, 0.3) is 0 Å². The van der Waals surface area contributed by atoms with Gasteiger partial charge in [-0.1, -0.05) is 0 Å². The Balaban J connectivity index is 1.28. The second kappa shape index (κ2) is 8.15. The zero-order chi connectivity index (χ0) is 19.3. The van der Waals surface area contributed by atoms with Crippen LogP contribution in [-0.4, -0.2) is 59.8 Å². The quantitative estimate of drug-likeness (QED) is 0.666. The van der Waals surface area contributed by atoms with Gasteiger partial charge in [0.15, 0.2) is 5.82 Å². The van der Waals surface area contributed by atoms with Crippen LogP contribution in [0.15, 0.2) is 37.4 Å². The van der Waals surface area contributed by atoms with E-state index in [9.17, 15) is 4.79 Å². The molecule has 1 aliphatic rings. The van der Waals surface area contributed by atoms with Crippen LogP contribution in [0, 0.1) is 12.8 Å². The number of piperidine rings is 1. The van der Waals surface area contributed by atoms with Gasteiger partial charge in [-0.15, -0.1) is 0 Å². The Morgan fingerprint density at radius 1 is 1.18 bits per heavy atom. The molecule has 4 rings (SSSR count). The van der Waals surface area contributed by atoms with Crippen molar-refractivity contribution in [1.82, 2.24) is 39.6 Å². The van der Waals surface area contributed by atoms with Gasteiger partial charge in [0.2, 0.25) is 5.91 Å². The fraction of sp³-hybridized carbons (Fsp3) is 0.444. The molecule has 10 nitrogen and oxygen atoms in total. The number of nitrogens with zero attached hydrogens (tertiary/aromatic N) is 8. The van der Waals surface area contributed by atoms with Crippen molar-refractivity contribution in [3.8, 4) is 5.82 Å². The molecule has 0 atom stereocenters. The number of imidazole rings is 1. The third kappa shape index (κ3) is 4.00. The van der Waals surface area contributed by atoms with Crippen LogP contribution >= 0.6 is 0 Å². The molecular weight excluding hydrogens is 358 g/mol. The lowest BCUT2D eigenvalue weighted by molar-refractivity contribution is -0.125. The molecule has 146 valence electrons. The second-order valence-electron chi connectivity index (χ2n) is 6.79. The van der Waals surface area contributed by atoms with Gasteiger partial charge in [0.1, 0.15) is 30.6 Å². The average molecular weight is 381 g/mol. The van der Waals surface area contributed by atoms with Crippen LogP contribution in [0.25, 0.3) is 5.82 Å². The molecule has 0 bridgehead atoms. The van der Waals surface area contributed by atoms with Gasteiger partial charge in [-0.2, -0.15) is 5.10 Å². The van der Waals surface area contributed by atoms with Gasteiger partial charge in [-0.25, -0.2) is 24.6 Å². The summed E-state index contributed by atoms with van der Waals surface area (Å²) in [5.41, 5.74) is 0. The molecule has 0 radical (unpaired) electrons. The van der Waals surface area contributed by atoms with E-state index in [1.54, 1.807) is 17.2 Å². The standard InChI is InChI=1S/C18H23N9O/c1-14-20-4-8-25(14)9-5-21-18(28)15-2-6-26(7-3-15)16-10-17(23-12-22-16)27-13-19-11-24-27/h4,8,10-13,15H,2-3,5-7,9H2,1H3,(H,21,28). The van der Waals surface area contributed by atoms with E-state index in [0.29, 0.717) is 12.4 Å². The normalized spacial score (nSPS) is 15.0. The van der Waals surface area contributed by atoms with Crippen molar-refractivity contribution in [2.45, 2.75) is 26.3 Å². The van der Waals surface area contributed by atoms with Crippen molar-refractivity contribution in [2.75, 3.05) is 24.5 Å². The van der Waals surface area contributed by atoms with E-state index in [0.717, 1.165) is 44.1 Å². The van der Waals surface area contributed by atoms with Crippen LogP contribution in [0.5, 0.6) is 0 Å². The largest absolute Gasteiger partial charge is 0.356 e. The summed E-state index contributed by atoms with van der Waals surface area (Å²) in [6.45, 7) is 4.88. The Kier molecular flexibility index (Phi) is 5.27. The Morgan fingerprint density at radius 2 is 2.00 bits per heavy atom. The molecule has 0 aromatic carbocycles. The molecule has 4 heterocycles. The molecule has 1 N–H and O–H groups in total. The first-order chi connectivity index (χ1) is 13.7. The second-order valence-corrected chi connectivity index (χ2v) is 6.79. The van der Waals surface area contributed by atoms with E-state index in [1.807, 2.05) is 23.8 Å². The summed E-state index contributed by atoms with van der Waals surface area (Å²) in [5, 5.41) is 7.15. The molecular formula is C18H23N9O. The first-order valence-corrected chi connectivity index (χ1v) is 9.38. The molecule has 1 saturated heterocycles. The average Bonchev–Trinajstić information content (AvgIpc) is 3.41. The number of anilines is 1. The highest BCUT2D eigenvalue weighted by Gasteiger charge is 2.25. The van der Waals surface area contributed by atoms with Gasteiger partial charge in [0, 0.05) is 50.6 Å². The van der Waals surface area contributed by atoms with Crippen molar-refractivity contribution >= 4 is 11.7 Å². The van der Waals surface area contributed by atoms with Crippen molar-refractivity contribution < 1.29 is 4.79 Å². The molecule has 1 aliphatic heterocycles. The maximum atomic E-state index is 12.5. The lowest BCUT2D eigenvalue weighted by atomic mass is 9.96. The molecule has 0 spiro atoms. The zero-order valence-corrected chi connectivity index (χ0v) is 15.8. The van der Waals surface area contributed by atoms with Crippen molar-refractivity contribution in [2.24, 2.45) is 5.92 Å². The summed E-state index contributed by atoms with van der Waals surface area (Å²) >= 11 is 0. The predicted molar refractivity (Wildman–Crippen MR) is 102 cm³/mol. The van der Waals surface area contributed by atoms with Gasteiger partial charge >= 0.3 is 0 Å². The SMILES string of the molecule is Cc1nccn1CCNC(=O)C1CCN(c2cc(-n3cncn3)ncn2)CC1. The minimum Gasteiger partial charge on any atom is -0.356 e. The molecule has 0 unspecified atom stereocenters. The number of carbonyl (C=O) groups is 1. The number of nitrogens with one attached hydrogen (secondary N) is 1. The Morgan fingerprint density at radius 3 is 2.71 bits per heavy atom. The zero-order valence-electron chi connectivity index (χ0n) is 15.8. The summed E-state index contributed by atoms with van der Waals surface area (Å²) in [6.07, 6.45) is 9.91. The Bertz CT molecular complexity index is 913. The number of rotatable bonds is 6. The minimum absolute atomic E-state index is 0.0387. The van der Waals surface area contributed by atoms with E-state index in [2.05, 4.69) is 35.3 Å². The lowest BCUT2D eigenvalue weighted by Gasteiger charge is -2.32. The molecule has 0 aliphatic carbocycles. The maximum Gasteiger partial charge on any atom is 0.223 e. The minimum atomic E-state index is 0.0387. The molecule has 10 heteroatoms. The van der Waals surface area contributed by atoms with E-state index in [4.69, 9.17) is 0 Å². The first-order valence-electron chi connectivity index (χ1n) is 9.38. The van der Waals surface area contributed by atoms with Crippen molar-refractivity contribution in [3.63, 3.8) is 0 Å². The number of hydrogen-bond donors (Lipinski definition) is 1. The Labute approximate surface area is 162 Å². The molecule has 3 aromatic heterocycles. The smallest absolute Gasteiger partial charge is 0.223 e. The number of amides is 1. The monoisotopic (exact) mass is 381 g/mol. The fourth-order valence-electron chi connectivity index (χ4n) is 3.42. The highest BCUT2D eigenvalue weighted by Crippen LogP contribution is 2.22. The van der Waals surface area contributed by atoms with Crippen LogP contribution in [0.3, 0.4) is 0 Å². The Hall–Kier alpha value is -3.30. The van der Waals surface area contributed by atoms with Crippen molar-refractivity contribution in [3.05, 3.63) is 43.3 Å². The molecule has 28 heavy (non-hydrogen) atoms. The van der Waals surface area contributed by atoms with Crippen LogP contribution in [0.1, 0.15) is 18.7 Å². The van der Waals surface area contributed by atoms with E-state index < -0.39 is 0 Å². The van der Waals surface area contributed by atoms with E-state index >= 15 is 0 Å². The lowest BCUT2D eigenvalue weighted by Crippen LogP contribution is -2.41. The summed E-state index contributed by atoms with van der Waals surface area (Å²) in [7, 11) is 0. The van der Waals surface area contributed by atoms with Gasteiger partial charge in [-0.3, -0.25) is 4.79 Å². The third-order valence-corrected chi connectivity index (χ3v) is 5.06. The van der Waals surface area contributed by atoms with E-state index in [1.165, 1.54) is 12.7 Å². The summed E-state index contributed by atoms with van der Waals surface area (Å²) in [4.78, 5) is 31.4. The van der Waals surface area contributed by atoms with Crippen molar-refractivity contribution in [1.29, 1.82) is 0 Å². The van der Waals surface area contributed by atoms with Gasteiger partial charge < -0.3 is 14.8 Å². The molecule has 3 aromatic rings. The summed E-state index contributed by atoms with van der Waals surface area (Å²) in [6, 6.07) is 1.89. The summed E-state index contributed by atoms with van der Waals surface area (Å²) in [5.74, 6) is 2.64. The summed E-state index contributed by atoms with van der Waals surface area (Å²) < 4.78 is 3.64. The number of aromatic nitrogens is 7. The molecule has 0 saturated carbocycles. The molecule has 1 amide bonds. The van der Waals surface area contributed by atoms with Crippen LogP contribution < -0.4 is 10.2 Å². The van der Waals surface area contributed by atoms with Crippen LogP contribution in [0.2, 0.25) is 0 Å². The number of carbonyl (C=O) groups excluding carboxylic acids is 1. The van der Waals surface area contributed by atoms with E-state index in [-0.39, 0.29) is 11.8 Å². The maximum absolute atomic E-state index is 12.5. The van der Waals surface area contributed by atoms with Gasteiger partial charge in [0.05, 0.1) is 0 Å². The fourth-order valence-corrected chi connectivity index (χ4v) is 3.42. The molecule has 1 fully saturated rings. The highest BCUT2D eigenvalue weighted by atomic mass is 16.1.